The summed E-state index contributed by atoms with van der Waals surface area (Å²) >= 11 is 1.82. The van der Waals surface area contributed by atoms with Crippen molar-refractivity contribution in [3.63, 3.8) is 0 Å². The molecule has 0 unspecified atom stereocenters. The van der Waals surface area contributed by atoms with E-state index in [1.807, 2.05) is 29.7 Å². The molecule has 0 aliphatic carbocycles. The number of nitrogens with one attached hydrogen (secondary N) is 1. The fourth-order valence-corrected chi connectivity index (χ4v) is 4.57. The molecule has 0 bridgehead atoms. The Labute approximate surface area is 140 Å². The number of carbonyl (C=O) groups is 1. The zero-order valence-corrected chi connectivity index (χ0v) is 13.9. The fraction of sp³-hybridized carbons (Fsp3) is 0.444. The quantitative estimate of drug-likeness (QED) is 0.943. The minimum absolute atomic E-state index is 0.0104. The fourth-order valence-electron chi connectivity index (χ4n) is 3.83. The van der Waals surface area contributed by atoms with Crippen molar-refractivity contribution < 1.29 is 4.79 Å². The first-order valence-corrected chi connectivity index (χ1v) is 9.09. The molecule has 2 saturated heterocycles. The number of hydrogen-bond acceptors (Lipinski definition) is 4. The molecule has 1 atom stereocenters. The summed E-state index contributed by atoms with van der Waals surface area (Å²) in [4.78, 5) is 20.5. The topological polar surface area (TPSA) is 45.2 Å². The Kier molecular flexibility index (Phi) is 3.91. The lowest BCUT2D eigenvalue weighted by Gasteiger charge is -2.39. The first kappa shape index (κ1) is 14.8. The number of hydrogen-bond donors (Lipinski definition) is 1. The first-order valence-electron chi connectivity index (χ1n) is 8.21. The standard InChI is InChI=1S/C18H21N3OS/c22-17-16(14-3-1-7-19-12-14)11-18(20-17)5-8-21(9-6-18)13-15-4-2-10-23-15/h1-4,7,10,12,16H,5-6,8-9,11,13H2,(H,20,22)/t16-/m0/s1. The molecule has 0 saturated carbocycles. The van der Waals surface area contributed by atoms with Gasteiger partial charge in [-0.25, -0.2) is 0 Å². The maximum atomic E-state index is 12.4. The number of piperidine rings is 1. The zero-order valence-electron chi connectivity index (χ0n) is 13.1. The summed E-state index contributed by atoms with van der Waals surface area (Å²) in [6.45, 7) is 3.14. The van der Waals surface area contributed by atoms with Crippen molar-refractivity contribution in [3.8, 4) is 0 Å². The van der Waals surface area contributed by atoms with E-state index in [0.29, 0.717) is 0 Å². The number of rotatable bonds is 3. The lowest BCUT2D eigenvalue weighted by atomic mass is 9.82. The molecule has 23 heavy (non-hydrogen) atoms. The van der Waals surface area contributed by atoms with Gasteiger partial charge in [0.15, 0.2) is 0 Å². The van der Waals surface area contributed by atoms with E-state index in [4.69, 9.17) is 0 Å². The third-order valence-electron chi connectivity index (χ3n) is 5.16. The van der Waals surface area contributed by atoms with Gasteiger partial charge in [-0.15, -0.1) is 11.3 Å². The van der Waals surface area contributed by atoms with E-state index < -0.39 is 0 Å². The third-order valence-corrected chi connectivity index (χ3v) is 6.02. The maximum absolute atomic E-state index is 12.4. The van der Waals surface area contributed by atoms with Gasteiger partial charge >= 0.3 is 0 Å². The van der Waals surface area contributed by atoms with E-state index in [1.54, 1.807) is 6.20 Å². The number of thiophene rings is 1. The smallest absolute Gasteiger partial charge is 0.228 e. The van der Waals surface area contributed by atoms with Gasteiger partial charge in [0.1, 0.15) is 0 Å². The molecule has 4 rings (SSSR count). The first-order chi connectivity index (χ1) is 11.2. The van der Waals surface area contributed by atoms with Crippen molar-refractivity contribution in [3.05, 3.63) is 52.5 Å². The number of aromatic nitrogens is 1. The van der Waals surface area contributed by atoms with Crippen LogP contribution in [0.2, 0.25) is 0 Å². The largest absolute Gasteiger partial charge is 0.350 e. The number of nitrogens with zero attached hydrogens (tertiary/aromatic N) is 2. The van der Waals surface area contributed by atoms with Gasteiger partial charge in [0.2, 0.25) is 5.91 Å². The molecular formula is C18H21N3OS. The van der Waals surface area contributed by atoms with E-state index in [1.165, 1.54) is 4.88 Å². The van der Waals surface area contributed by atoms with Crippen LogP contribution >= 0.6 is 11.3 Å². The summed E-state index contributed by atoms with van der Waals surface area (Å²) in [7, 11) is 0. The van der Waals surface area contributed by atoms with Gasteiger partial charge in [0.25, 0.3) is 0 Å². The van der Waals surface area contributed by atoms with Crippen molar-refractivity contribution in [2.45, 2.75) is 37.3 Å². The monoisotopic (exact) mass is 327 g/mol. The normalized spacial score (nSPS) is 24.0. The van der Waals surface area contributed by atoms with Crippen molar-refractivity contribution >= 4 is 17.2 Å². The zero-order chi connectivity index (χ0) is 15.7. The summed E-state index contributed by atoms with van der Waals surface area (Å²) in [5, 5.41) is 5.44. The van der Waals surface area contributed by atoms with Gasteiger partial charge in [-0.2, -0.15) is 0 Å². The molecule has 1 N–H and O–H groups in total. The van der Waals surface area contributed by atoms with Crippen LogP contribution in [0.4, 0.5) is 0 Å². The molecule has 0 radical (unpaired) electrons. The summed E-state index contributed by atoms with van der Waals surface area (Å²) in [6, 6.07) is 8.24. The van der Waals surface area contributed by atoms with Gasteiger partial charge in [-0.3, -0.25) is 14.7 Å². The van der Waals surface area contributed by atoms with Crippen LogP contribution in [-0.4, -0.2) is 34.4 Å². The number of carbonyl (C=O) groups excluding carboxylic acids is 1. The maximum Gasteiger partial charge on any atom is 0.228 e. The van der Waals surface area contributed by atoms with Gasteiger partial charge in [0.05, 0.1) is 5.92 Å². The molecule has 1 amide bonds. The molecule has 120 valence electrons. The van der Waals surface area contributed by atoms with E-state index in [-0.39, 0.29) is 17.4 Å². The Bertz CT molecular complexity index is 663. The predicted molar refractivity (Wildman–Crippen MR) is 91.3 cm³/mol. The van der Waals surface area contributed by atoms with Crippen LogP contribution in [0.15, 0.2) is 42.0 Å². The van der Waals surface area contributed by atoms with Crippen LogP contribution in [0, 0.1) is 0 Å². The van der Waals surface area contributed by atoms with Crippen LogP contribution in [0.25, 0.3) is 0 Å². The van der Waals surface area contributed by atoms with Gasteiger partial charge in [0, 0.05) is 42.4 Å². The van der Waals surface area contributed by atoms with E-state index >= 15 is 0 Å². The molecule has 0 aromatic carbocycles. The molecule has 2 aromatic heterocycles. The van der Waals surface area contributed by atoms with Crippen LogP contribution in [-0.2, 0) is 11.3 Å². The van der Waals surface area contributed by atoms with Crippen molar-refractivity contribution in [1.29, 1.82) is 0 Å². The van der Waals surface area contributed by atoms with Crippen LogP contribution in [0.3, 0.4) is 0 Å². The summed E-state index contributed by atoms with van der Waals surface area (Å²) in [5.41, 5.74) is 1.03. The molecular weight excluding hydrogens is 306 g/mol. The predicted octanol–water partition coefficient (Wildman–Crippen LogP) is 2.78. The minimum atomic E-state index is -0.0347. The highest BCUT2D eigenvalue weighted by molar-refractivity contribution is 7.09. The SMILES string of the molecule is O=C1NC2(CCN(Cc3cccs3)CC2)C[C@H]1c1cccnc1. The van der Waals surface area contributed by atoms with Gasteiger partial charge in [-0.05, 0) is 42.3 Å². The van der Waals surface area contributed by atoms with Crippen molar-refractivity contribution in [2.75, 3.05) is 13.1 Å². The highest BCUT2D eigenvalue weighted by Crippen LogP contribution is 2.39. The van der Waals surface area contributed by atoms with Crippen molar-refractivity contribution in [2.24, 2.45) is 0 Å². The highest BCUT2D eigenvalue weighted by Gasteiger charge is 2.46. The average Bonchev–Trinajstić information content (AvgIpc) is 3.19. The molecule has 2 aliphatic heterocycles. The Morgan fingerprint density at radius 1 is 1.30 bits per heavy atom. The molecule has 5 heteroatoms. The number of likely N-dealkylation sites (tertiary alicyclic amines) is 1. The number of pyridine rings is 1. The summed E-state index contributed by atoms with van der Waals surface area (Å²) in [5.74, 6) is 0.136. The molecule has 2 fully saturated rings. The summed E-state index contributed by atoms with van der Waals surface area (Å²) in [6.07, 6.45) is 6.58. The van der Waals surface area contributed by atoms with E-state index in [9.17, 15) is 4.79 Å². The Hall–Kier alpha value is -1.72. The molecule has 4 heterocycles. The van der Waals surface area contributed by atoms with Crippen molar-refractivity contribution in [1.82, 2.24) is 15.2 Å². The minimum Gasteiger partial charge on any atom is -0.350 e. The Balaban J connectivity index is 1.40. The highest BCUT2D eigenvalue weighted by atomic mass is 32.1. The average molecular weight is 327 g/mol. The Morgan fingerprint density at radius 2 is 2.17 bits per heavy atom. The van der Waals surface area contributed by atoms with E-state index in [2.05, 4.69) is 32.7 Å². The molecule has 2 aliphatic rings. The molecule has 2 aromatic rings. The lowest BCUT2D eigenvalue weighted by molar-refractivity contribution is -0.121. The van der Waals surface area contributed by atoms with Gasteiger partial charge in [-0.1, -0.05) is 12.1 Å². The second-order valence-corrected chi connectivity index (χ2v) is 7.70. The second-order valence-electron chi connectivity index (χ2n) is 6.67. The number of amides is 1. The van der Waals surface area contributed by atoms with Gasteiger partial charge < -0.3 is 5.32 Å². The third kappa shape index (κ3) is 3.03. The molecule has 4 nitrogen and oxygen atoms in total. The van der Waals surface area contributed by atoms with E-state index in [0.717, 1.165) is 44.5 Å². The van der Waals surface area contributed by atoms with Crippen LogP contribution in [0.1, 0.15) is 35.6 Å². The molecule has 1 spiro atoms. The Morgan fingerprint density at radius 3 is 2.87 bits per heavy atom. The second kappa shape index (κ2) is 6.06. The van der Waals surface area contributed by atoms with Crippen LogP contribution < -0.4 is 5.32 Å². The summed E-state index contributed by atoms with van der Waals surface area (Å²) < 4.78 is 0. The lowest BCUT2D eigenvalue weighted by Crippen LogP contribution is -2.50. The van der Waals surface area contributed by atoms with Crippen LogP contribution in [0.5, 0.6) is 0 Å².